The number of aromatic nitrogens is 1. The zero-order valence-corrected chi connectivity index (χ0v) is 16.9. The van der Waals surface area contributed by atoms with Crippen molar-refractivity contribution in [3.8, 4) is 0 Å². The van der Waals surface area contributed by atoms with Crippen molar-refractivity contribution in [1.82, 2.24) is 9.88 Å². The predicted octanol–water partition coefficient (Wildman–Crippen LogP) is 4.67. The molecular formula is C23H18ClFN2O3. The van der Waals surface area contributed by atoms with Gasteiger partial charge in [-0.15, -0.1) is 0 Å². The van der Waals surface area contributed by atoms with Gasteiger partial charge in [-0.3, -0.25) is 9.59 Å². The van der Waals surface area contributed by atoms with Gasteiger partial charge in [0.25, 0.3) is 11.5 Å². The van der Waals surface area contributed by atoms with Gasteiger partial charge < -0.3 is 14.3 Å². The maximum Gasteiger partial charge on any atom is 0.262 e. The minimum absolute atomic E-state index is 0.0531. The second kappa shape index (κ2) is 8.16. The Labute approximate surface area is 176 Å². The normalized spacial score (nSPS) is 11.0. The number of aryl methyl sites for hydroxylation is 1. The number of rotatable bonds is 5. The Morgan fingerprint density at radius 2 is 1.87 bits per heavy atom. The van der Waals surface area contributed by atoms with Crippen LogP contribution in [-0.4, -0.2) is 10.5 Å². The fourth-order valence-corrected chi connectivity index (χ4v) is 3.47. The zero-order chi connectivity index (χ0) is 21.3. The SMILES string of the molecule is Cc1oc2ccn(Cc3ccccc3F)c(=O)c2c1C(=O)NCc1ccc(Cl)cc1. The van der Waals surface area contributed by atoms with Crippen LogP contribution in [0.5, 0.6) is 0 Å². The maximum atomic E-state index is 14.0. The van der Waals surface area contributed by atoms with Gasteiger partial charge in [-0.2, -0.15) is 0 Å². The number of benzene rings is 2. The second-order valence-corrected chi connectivity index (χ2v) is 7.36. The van der Waals surface area contributed by atoms with Gasteiger partial charge in [0.1, 0.15) is 17.2 Å². The molecule has 1 amide bonds. The van der Waals surface area contributed by atoms with Crippen molar-refractivity contribution in [2.24, 2.45) is 0 Å². The molecule has 2 heterocycles. The van der Waals surface area contributed by atoms with Gasteiger partial charge in [-0.25, -0.2) is 4.39 Å². The van der Waals surface area contributed by atoms with Crippen LogP contribution in [0.4, 0.5) is 4.39 Å². The summed E-state index contributed by atoms with van der Waals surface area (Å²) in [5.41, 5.74) is 1.35. The lowest BCUT2D eigenvalue weighted by molar-refractivity contribution is 0.0950. The molecule has 2 aromatic heterocycles. The summed E-state index contributed by atoms with van der Waals surface area (Å²) in [6.45, 7) is 1.97. The first-order valence-electron chi connectivity index (χ1n) is 9.32. The highest BCUT2D eigenvalue weighted by Crippen LogP contribution is 2.23. The number of fused-ring (bicyclic) bond motifs is 1. The van der Waals surface area contributed by atoms with Crippen molar-refractivity contribution in [3.63, 3.8) is 0 Å². The number of carbonyl (C=O) groups excluding carboxylic acids is 1. The number of hydrogen-bond donors (Lipinski definition) is 1. The van der Waals surface area contributed by atoms with Gasteiger partial charge >= 0.3 is 0 Å². The predicted molar refractivity (Wildman–Crippen MR) is 113 cm³/mol. The lowest BCUT2D eigenvalue weighted by atomic mass is 10.1. The fourth-order valence-electron chi connectivity index (χ4n) is 3.35. The van der Waals surface area contributed by atoms with E-state index in [1.54, 1.807) is 43.3 Å². The Hall–Kier alpha value is -3.38. The summed E-state index contributed by atoms with van der Waals surface area (Å²) in [5.74, 6) is -0.463. The van der Waals surface area contributed by atoms with Crippen molar-refractivity contribution < 1.29 is 13.6 Å². The molecule has 0 aliphatic carbocycles. The van der Waals surface area contributed by atoms with Crippen LogP contribution >= 0.6 is 11.6 Å². The van der Waals surface area contributed by atoms with Gasteiger partial charge in [0.2, 0.25) is 0 Å². The molecule has 4 aromatic rings. The quantitative estimate of drug-likeness (QED) is 0.506. The molecule has 0 atom stereocenters. The first kappa shape index (κ1) is 19.9. The average molecular weight is 425 g/mol. The molecule has 0 fully saturated rings. The van der Waals surface area contributed by atoms with Crippen LogP contribution < -0.4 is 10.9 Å². The molecular weight excluding hydrogens is 407 g/mol. The van der Waals surface area contributed by atoms with Crippen LogP contribution in [0.1, 0.15) is 27.2 Å². The molecule has 4 rings (SSSR count). The van der Waals surface area contributed by atoms with Crippen LogP contribution in [0.2, 0.25) is 5.02 Å². The number of halogens is 2. The van der Waals surface area contributed by atoms with Gasteiger partial charge in [0, 0.05) is 23.3 Å². The van der Waals surface area contributed by atoms with Crippen LogP contribution in [0.3, 0.4) is 0 Å². The number of pyridine rings is 1. The van der Waals surface area contributed by atoms with E-state index in [-0.39, 0.29) is 24.0 Å². The highest BCUT2D eigenvalue weighted by atomic mass is 35.5. The Balaban J connectivity index is 1.66. The van der Waals surface area contributed by atoms with E-state index in [9.17, 15) is 14.0 Å². The minimum atomic E-state index is -0.415. The van der Waals surface area contributed by atoms with Crippen LogP contribution in [0, 0.1) is 12.7 Å². The lowest BCUT2D eigenvalue weighted by Gasteiger charge is -2.08. The van der Waals surface area contributed by atoms with Crippen LogP contribution in [0.15, 0.2) is 70.0 Å². The monoisotopic (exact) mass is 424 g/mol. The third-order valence-corrected chi connectivity index (χ3v) is 5.14. The largest absolute Gasteiger partial charge is 0.460 e. The molecule has 0 saturated carbocycles. The molecule has 5 nitrogen and oxygen atoms in total. The van der Waals surface area contributed by atoms with E-state index in [2.05, 4.69) is 5.32 Å². The van der Waals surface area contributed by atoms with E-state index in [0.717, 1.165) is 5.56 Å². The second-order valence-electron chi connectivity index (χ2n) is 6.92. The van der Waals surface area contributed by atoms with Gasteiger partial charge in [0.05, 0.1) is 17.5 Å². The number of hydrogen-bond acceptors (Lipinski definition) is 3. The van der Waals surface area contributed by atoms with Crippen LogP contribution in [-0.2, 0) is 13.1 Å². The summed E-state index contributed by atoms with van der Waals surface area (Å²) in [6.07, 6.45) is 1.54. The topological polar surface area (TPSA) is 64.2 Å². The molecule has 0 unspecified atom stereocenters. The summed E-state index contributed by atoms with van der Waals surface area (Å²) in [5, 5.41) is 3.60. The highest BCUT2D eigenvalue weighted by molar-refractivity contribution is 6.30. The summed E-state index contributed by atoms with van der Waals surface area (Å²) < 4.78 is 21.0. The summed E-state index contributed by atoms with van der Waals surface area (Å²) in [6, 6.07) is 15.0. The molecule has 0 spiro atoms. The third-order valence-electron chi connectivity index (χ3n) is 4.88. The van der Waals surface area contributed by atoms with Crippen LogP contribution in [0.25, 0.3) is 11.0 Å². The van der Waals surface area contributed by atoms with Crippen molar-refractivity contribution in [3.05, 3.63) is 104 Å². The minimum Gasteiger partial charge on any atom is -0.460 e. The standard InChI is InChI=1S/C23H18ClFN2O3/c1-14-20(22(28)26-12-15-6-8-17(24)9-7-15)21-19(30-14)10-11-27(23(21)29)13-16-4-2-3-5-18(16)25/h2-11H,12-13H2,1H3,(H,26,28). The van der Waals surface area contributed by atoms with Crippen molar-refractivity contribution in [1.29, 1.82) is 0 Å². The molecule has 0 radical (unpaired) electrons. The smallest absolute Gasteiger partial charge is 0.262 e. The molecule has 0 aliphatic rings. The summed E-state index contributed by atoms with van der Waals surface area (Å²) >= 11 is 5.88. The van der Waals surface area contributed by atoms with Gasteiger partial charge in [-0.05, 0) is 36.8 Å². The Morgan fingerprint density at radius 3 is 2.60 bits per heavy atom. The lowest BCUT2D eigenvalue weighted by Crippen LogP contribution is -2.26. The highest BCUT2D eigenvalue weighted by Gasteiger charge is 2.22. The molecule has 30 heavy (non-hydrogen) atoms. The Kier molecular flexibility index (Phi) is 5.42. The Bertz CT molecular complexity index is 1290. The summed E-state index contributed by atoms with van der Waals surface area (Å²) in [7, 11) is 0. The van der Waals surface area contributed by atoms with E-state index >= 15 is 0 Å². The molecule has 152 valence electrons. The van der Waals surface area contributed by atoms with Crippen molar-refractivity contribution in [2.75, 3.05) is 0 Å². The molecule has 0 saturated heterocycles. The fraction of sp³-hybridized carbons (Fsp3) is 0.130. The number of nitrogens with one attached hydrogen (secondary N) is 1. The molecule has 2 aromatic carbocycles. The maximum absolute atomic E-state index is 14.0. The average Bonchev–Trinajstić information content (AvgIpc) is 3.08. The van der Waals surface area contributed by atoms with Crippen molar-refractivity contribution >= 4 is 28.5 Å². The molecule has 7 heteroatoms. The summed E-state index contributed by atoms with van der Waals surface area (Å²) in [4.78, 5) is 25.9. The van der Waals surface area contributed by atoms with E-state index in [1.807, 2.05) is 12.1 Å². The number of furan rings is 1. The third kappa shape index (κ3) is 3.86. The first-order chi connectivity index (χ1) is 14.4. The van der Waals surface area contributed by atoms with Gasteiger partial charge in [0.15, 0.2) is 0 Å². The van der Waals surface area contributed by atoms with E-state index < -0.39 is 17.3 Å². The first-order valence-corrected chi connectivity index (χ1v) is 9.70. The number of nitrogens with zero attached hydrogens (tertiary/aromatic N) is 1. The molecule has 0 bridgehead atoms. The zero-order valence-electron chi connectivity index (χ0n) is 16.1. The number of carbonyl (C=O) groups is 1. The van der Waals surface area contributed by atoms with E-state index in [1.165, 1.54) is 16.8 Å². The molecule has 1 N–H and O–H groups in total. The Morgan fingerprint density at radius 1 is 1.13 bits per heavy atom. The van der Waals surface area contributed by atoms with Crippen molar-refractivity contribution in [2.45, 2.75) is 20.0 Å². The van der Waals surface area contributed by atoms with E-state index in [4.69, 9.17) is 16.0 Å². The molecule has 0 aliphatic heterocycles. The van der Waals surface area contributed by atoms with E-state index in [0.29, 0.717) is 21.9 Å². The van der Waals surface area contributed by atoms with Gasteiger partial charge in [-0.1, -0.05) is 41.9 Å². The number of amides is 1.